The molecular formula is C13H18BrF. The minimum absolute atomic E-state index is 0.0574. The Morgan fingerprint density at radius 3 is 2.33 bits per heavy atom. The molecule has 0 saturated carbocycles. The third-order valence-electron chi connectivity index (χ3n) is 2.54. The van der Waals surface area contributed by atoms with Gasteiger partial charge in [-0.2, -0.15) is 0 Å². The Labute approximate surface area is 100 Å². The molecule has 0 saturated heterocycles. The zero-order valence-electron chi connectivity index (χ0n) is 9.02. The van der Waals surface area contributed by atoms with Gasteiger partial charge in [0.15, 0.2) is 0 Å². The number of hydrogen-bond acceptors (Lipinski definition) is 0. The van der Waals surface area contributed by atoms with Crippen molar-refractivity contribution in [2.75, 3.05) is 5.33 Å². The minimum atomic E-state index is -0.0574. The van der Waals surface area contributed by atoms with Gasteiger partial charge in [-0.1, -0.05) is 53.4 Å². The van der Waals surface area contributed by atoms with E-state index in [1.807, 2.05) is 12.1 Å². The molecule has 0 atom stereocenters. The molecule has 0 unspecified atom stereocenters. The maximum atomic E-state index is 13.2. The van der Waals surface area contributed by atoms with Crippen molar-refractivity contribution in [3.05, 3.63) is 35.6 Å². The van der Waals surface area contributed by atoms with Crippen molar-refractivity contribution in [2.45, 2.75) is 38.5 Å². The molecule has 1 rings (SSSR count). The molecule has 0 aliphatic carbocycles. The molecule has 15 heavy (non-hydrogen) atoms. The molecule has 1 aromatic rings. The van der Waals surface area contributed by atoms with Crippen molar-refractivity contribution >= 4 is 15.9 Å². The van der Waals surface area contributed by atoms with Gasteiger partial charge in [-0.05, 0) is 30.9 Å². The standard InChI is InChI=1S/C13H18BrF/c14-11-7-3-1-2-4-8-12-9-5-6-10-13(12)15/h5-6,9-10H,1-4,7-8,11H2. The van der Waals surface area contributed by atoms with Crippen LogP contribution in [0.3, 0.4) is 0 Å². The number of unbranched alkanes of at least 4 members (excludes halogenated alkanes) is 4. The molecule has 0 aliphatic heterocycles. The normalized spacial score (nSPS) is 10.5. The van der Waals surface area contributed by atoms with Gasteiger partial charge in [0.2, 0.25) is 0 Å². The summed E-state index contributed by atoms with van der Waals surface area (Å²) in [5, 5.41) is 1.10. The lowest BCUT2D eigenvalue weighted by Gasteiger charge is -2.02. The van der Waals surface area contributed by atoms with E-state index in [0.29, 0.717) is 0 Å². The zero-order valence-corrected chi connectivity index (χ0v) is 10.6. The van der Waals surface area contributed by atoms with E-state index in [0.717, 1.165) is 23.7 Å². The summed E-state index contributed by atoms with van der Waals surface area (Å²) in [5.41, 5.74) is 0.859. The highest BCUT2D eigenvalue weighted by Gasteiger charge is 1.99. The number of hydrogen-bond donors (Lipinski definition) is 0. The van der Waals surface area contributed by atoms with E-state index in [1.165, 1.54) is 25.7 Å². The summed E-state index contributed by atoms with van der Waals surface area (Å²) in [5.74, 6) is -0.0574. The topological polar surface area (TPSA) is 0 Å². The molecule has 0 amide bonds. The van der Waals surface area contributed by atoms with Gasteiger partial charge in [-0.15, -0.1) is 0 Å². The van der Waals surface area contributed by atoms with E-state index in [2.05, 4.69) is 15.9 Å². The van der Waals surface area contributed by atoms with Crippen LogP contribution in [0.25, 0.3) is 0 Å². The first-order valence-corrected chi connectivity index (χ1v) is 6.76. The highest BCUT2D eigenvalue weighted by molar-refractivity contribution is 9.09. The van der Waals surface area contributed by atoms with Crippen molar-refractivity contribution in [2.24, 2.45) is 0 Å². The van der Waals surface area contributed by atoms with Crippen LogP contribution < -0.4 is 0 Å². The van der Waals surface area contributed by atoms with Gasteiger partial charge in [0.25, 0.3) is 0 Å². The summed E-state index contributed by atoms with van der Waals surface area (Å²) in [6.07, 6.45) is 6.98. The van der Waals surface area contributed by atoms with E-state index in [1.54, 1.807) is 12.1 Å². The number of rotatable bonds is 7. The third-order valence-corrected chi connectivity index (χ3v) is 3.10. The predicted molar refractivity (Wildman–Crippen MR) is 67.0 cm³/mol. The maximum absolute atomic E-state index is 13.2. The monoisotopic (exact) mass is 272 g/mol. The van der Waals surface area contributed by atoms with Gasteiger partial charge in [0.1, 0.15) is 5.82 Å². The summed E-state index contributed by atoms with van der Waals surface area (Å²) in [7, 11) is 0. The quantitative estimate of drug-likeness (QED) is 0.498. The van der Waals surface area contributed by atoms with E-state index in [4.69, 9.17) is 0 Å². The molecule has 0 aliphatic rings. The number of halogens is 2. The molecule has 0 fully saturated rings. The second-order valence-electron chi connectivity index (χ2n) is 3.80. The lowest BCUT2D eigenvalue weighted by Crippen LogP contribution is -1.90. The first-order chi connectivity index (χ1) is 7.34. The fourth-order valence-electron chi connectivity index (χ4n) is 1.64. The van der Waals surface area contributed by atoms with Gasteiger partial charge in [0.05, 0.1) is 0 Å². The van der Waals surface area contributed by atoms with E-state index >= 15 is 0 Å². The Hall–Kier alpha value is -0.370. The SMILES string of the molecule is Fc1ccccc1CCCCCCCBr. The summed E-state index contributed by atoms with van der Waals surface area (Å²) in [4.78, 5) is 0. The lowest BCUT2D eigenvalue weighted by molar-refractivity contribution is 0.588. The third kappa shape index (κ3) is 5.31. The van der Waals surface area contributed by atoms with Crippen LogP contribution in [0.2, 0.25) is 0 Å². The number of benzene rings is 1. The lowest BCUT2D eigenvalue weighted by atomic mass is 10.1. The molecule has 0 heterocycles. The van der Waals surface area contributed by atoms with Gasteiger partial charge in [-0.25, -0.2) is 4.39 Å². The van der Waals surface area contributed by atoms with Crippen LogP contribution in [-0.2, 0) is 6.42 Å². The summed E-state index contributed by atoms with van der Waals surface area (Å²) >= 11 is 3.42. The van der Waals surface area contributed by atoms with E-state index < -0.39 is 0 Å². The van der Waals surface area contributed by atoms with Crippen LogP contribution in [0.15, 0.2) is 24.3 Å². The Morgan fingerprint density at radius 2 is 1.60 bits per heavy atom. The molecule has 0 spiro atoms. The number of aryl methyl sites for hydroxylation is 1. The summed E-state index contributed by atoms with van der Waals surface area (Å²) in [6, 6.07) is 7.08. The second-order valence-corrected chi connectivity index (χ2v) is 4.59. The highest BCUT2D eigenvalue weighted by atomic mass is 79.9. The van der Waals surface area contributed by atoms with Crippen molar-refractivity contribution in [3.63, 3.8) is 0 Å². The fraction of sp³-hybridized carbons (Fsp3) is 0.538. The van der Waals surface area contributed by atoms with Gasteiger partial charge in [-0.3, -0.25) is 0 Å². The largest absolute Gasteiger partial charge is 0.207 e. The Balaban J connectivity index is 2.12. The molecular weight excluding hydrogens is 255 g/mol. The fourth-order valence-corrected chi connectivity index (χ4v) is 2.04. The Bertz CT molecular complexity index is 273. The van der Waals surface area contributed by atoms with Crippen LogP contribution in [0.1, 0.15) is 37.7 Å². The van der Waals surface area contributed by atoms with Gasteiger partial charge < -0.3 is 0 Å². The molecule has 0 aromatic heterocycles. The van der Waals surface area contributed by atoms with Crippen LogP contribution in [0.5, 0.6) is 0 Å². The average molecular weight is 273 g/mol. The minimum Gasteiger partial charge on any atom is -0.207 e. The number of alkyl halides is 1. The van der Waals surface area contributed by atoms with Crippen LogP contribution in [0, 0.1) is 5.82 Å². The maximum Gasteiger partial charge on any atom is 0.126 e. The van der Waals surface area contributed by atoms with Crippen LogP contribution in [0.4, 0.5) is 4.39 Å². The Morgan fingerprint density at radius 1 is 0.933 bits per heavy atom. The molecule has 84 valence electrons. The van der Waals surface area contributed by atoms with Crippen LogP contribution in [-0.4, -0.2) is 5.33 Å². The highest BCUT2D eigenvalue weighted by Crippen LogP contribution is 2.12. The molecule has 0 N–H and O–H groups in total. The summed E-state index contributed by atoms with van der Waals surface area (Å²) < 4.78 is 13.2. The van der Waals surface area contributed by atoms with Crippen molar-refractivity contribution < 1.29 is 4.39 Å². The van der Waals surface area contributed by atoms with E-state index in [-0.39, 0.29) is 5.82 Å². The summed E-state index contributed by atoms with van der Waals surface area (Å²) in [6.45, 7) is 0. The van der Waals surface area contributed by atoms with Gasteiger partial charge >= 0.3 is 0 Å². The van der Waals surface area contributed by atoms with Crippen LogP contribution >= 0.6 is 15.9 Å². The Kier molecular flexibility index (Phi) is 6.66. The van der Waals surface area contributed by atoms with Crippen molar-refractivity contribution in [3.8, 4) is 0 Å². The average Bonchev–Trinajstić information content (AvgIpc) is 2.25. The van der Waals surface area contributed by atoms with E-state index in [9.17, 15) is 4.39 Å². The zero-order chi connectivity index (χ0) is 10.9. The molecule has 1 aromatic carbocycles. The molecule has 0 bridgehead atoms. The first kappa shape index (κ1) is 12.7. The van der Waals surface area contributed by atoms with Crippen molar-refractivity contribution in [1.29, 1.82) is 0 Å². The molecule has 0 nitrogen and oxygen atoms in total. The second kappa shape index (κ2) is 7.86. The smallest absolute Gasteiger partial charge is 0.126 e. The van der Waals surface area contributed by atoms with Gasteiger partial charge in [0, 0.05) is 5.33 Å². The van der Waals surface area contributed by atoms with Crippen molar-refractivity contribution in [1.82, 2.24) is 0 Å². The molecule has 0 radical (unpaired) electrons. The predicted octanol–water partition coefficient (Wildman–Crippen LogP) is 4.71. The molecule has 2 heteroatoms. The first-order valence-electron chi connectivity index (χ1n) is 5.64.